The van der Waals surface area contributed by atoms with Crippen LogP contribution in [0, 0.1) is 12.8 Å². The van der Waals surface area contributed by atoms with Crippen molar-refractivity contribution in [1.29, 1.82) is 0 Å². The van der Waals surface area contributed by atoms with E-state index in [0.717, 1.165) is 0 Å². The minimum Gasteiger partial charge on any atom is -0.444 e. The van der Waals surface area contributed by atoms with Crippen molar-refractivity contribution in [3.05, 3.63) is 17.8 Å². The van der Waals surface area contributed by atoms with Crippen LogP contribution in [0.5, 0.6) is 0 Å². The van der Waals surface area contributed by atoms with E-state index in [1.165, 1.54) is 6.07 Å². The van der Waals surface area contributed by atoms with E-state index >= 15 is 0 Å². The molecular formula is C16H25N3O4S. The van der Waals surface area contributed by atoms with Gasteiger partial charge in [-0.3, -0.25) is 0 Å². The molecule has 1 aromatic heterocycles. The molecule has 1 aliphatic heterocycles. The largest absolute Gasteiger partial charge is 0.444 e. The number of carbonyl (C=O) groups is 1. The highest BCUT2D eigenvalue weighted by Gasteiger charge is 2.30. The van der Waals surface area contributed by atoms with Crippen LogP contribution >= 0.6 is 0 Å². The number of amides is 1. The zero-order valence-corrected chi connectivity index (χ0v) is 15.5. The van der Waals surface area contributed by atoms with E-state index in [1.54, 1.807) is 17.9 Å². The molecule has 134 valence electrons. The Balaban J connectivity index is 1.91. The van der Waals surface area contributed by atoms with Gasteiger partial charge in [-0.25, -0.2) is 13.2 Å². The van der Waals surface area contributed by atoms with Crippen molar-refractivity contribution in [1.82, 2.24) is 15.1 Å². The van der Waals surface area contributed by atoms with E-state index in [-0.39, 0.29) is 22.8 Å². The van der Waals surface area contributed by atoms with Crippen molar-refractivity contribution in [3.63, 3.8) is 0 Å². The first-order chi connectivity index (χ1) is 11.1. The molecule has 2 rings (SSSR count). The van der Waals surface area contributed by atoms with E-state index in [1.807, 2.05) is 20.8 Å². The topological polar surface area (TPSA) is 89.5 Å². The molecule has 0 N–H and O–H groups in total. The van der Waals surface area contributed by atoms with Crippen LogP contribution in [-0.4, -0.2) is 54.1 Å². The Morgan fingerprint density at radius 3 is 2.38 bits per heavy atom. The lowest BCUT2D eigenvalue weighted by atomic mass is 9.99. The Hall–Kier alpha value is -1.70. The summed E-state index contributed by atoms with van der Waals surface area (Å²) in [4.78, 5) is 13.7. The Labute approximate surface area is 143 Å². The van der Waals surface area contributed by atoms with Crippen molar-refractivity contribution >= 4 is 15.9 Å². The van der Waals surface area contributed by atoms with Crippen molar-refractivity contribution in [2.45, 2.75) is 51.2 Å². The first-order valence-corrected chi connectivity index (χ1v) is 9.73. The highest BCUT2D eigenvalue weighted by Crippen LogP contribution is 2.23. The van der Waals surface area contributed by atoms with Gasteiger partial charge in [-0.1, -0.05) is 0 Å². The monoisotopic (exact) mass is 355 g/mol. The molecule has 1 aromatic rings. The number of hydrogen-bond acceptors (Lipinski definition) is 6. The lowest BCUT2D eigenvalue weighted by molar-refractivity contribution is 0.0191. The summed E-state index contributed by atoms with van der Waals surface area (Å²) in [6, 6.07) is 3.14. The third-order valence-corrected chi connectivity index (χ3v) is 5.58. The van der Waals surface area contributed by atoms with Gasteiger partial charge in [0, 0.05) is 13.1 Å². The fourth-order valence-electron chi connectivity index (χ4n) is 2.56. The smallest absolute Gasteiger partial charge is 0.410 e. The van der Waals surface area contributed by atoms with Crippen LogP contribution in [0.4, 0.5) is 4.79 Å². The van der Waals surface area contributed by atoms with Gasteiger partial charge in [-0.2, -0.15) is 5.10 Å². The predicted octanol–water partition coefficient (Wildman–Crippen LogP) is 2.21. The maximum Gasteiger partial charge on any atom is 0.410 e. The molecule has 0 bridgehead atoms. The number of ether oxygens (including phenoxy) is 1. The third-order valence-electron chi connectivity index (χ3n) is 3.81. The van der Waals surface area contributed by atoms with E-state index in [4.69, 9.17) is 4.74 Å². The van der Waals surface area contributed by atoms with Crippen molar-refractivity contribution in [2.24, 2.45) is 5.92 Å². The van der Waals surface area contributed by atoms with Crippen LogP contribution in [0.3, 0.4) is 0 Å². The fraction of sp³-hybridized carbons (Fsp3) is 0.688. The number of rotatable bonds is 3. The Kier molecular flexibility index (Phi) is 5.47. The fourth-order valence-corrected chi connectivity index (χ4v) is 4.12. The van der Waals surface area contributed by atoms with Gasteiger partial charge in [0.25, 0.3) is 0 Å². The standard InChI is InChI=1S/C16H25N3O4S/c1-12-5-6-14(18-17-12)24(21,22)11-13-7-9-19(10-8-13)15(20)23-16(2,3)4/h5-6,13H,7-11H2,1-4H3. The van der Waals surface area contributed by atoms with E-state index in [2.05, 4.69) is 10.2 Å². The molecule has 1 amide bonds. The van der Waals surface area contributed by atoms with Gasteiger partial charge in [0.05, 0.1) is 11.4 Å². The molecule has 0 aromatic carbocycles. The van der Waals surface area contributed by atoms with Crippen LogP contribution in [0.1, 0.15) is 39.3 Å². The number of carbonyl (C=O) groups excluding carboxylic acids is 1. The van der Waals surface area contributed by atoms with Gasteiger partial charge in [0.2, 0.25) is 0 Å². The summed E-state index contributed by atoms with van der Waals surface area (Å²) in [6.45, 7) is 8.26. The van der Waals surface area contributed by atoms with E-state index in [9.17, 15) is 13.2 Å². The Morgan fingerprint density at radius 1 is 1.25 bits per heavy atom. The number of piperidine rings is 1. The van der Waals surface area contributed by atoms with Crippen molar-refractivity contribution < 1.29 is 17.9 Å². The van der Waals surface area contributed by atoms with Crippen molar-refractivity contribution in [2.75, 3.05) is 18.8 Å². The first kappa shape index (κ1) is 18.6. The molecule has 0 spiro atoms. The second kappa shape index (κ2) is 7.04. The van der Waals surface area contributed by atoms with Gasteiger partial charge in [-0.15, -0.1) is 5.10 Å². The van der Waals surface area contributed by atoms with Gasteiger partial charge in [-0.05, 0) is 58.6 Å². The molecule has 0 atom stereocenters. The quantitative estimate of drug-likeness (QED) is 0.826. The maximum absolute atomic E-state index is 12.4. The highest BCUT2D eigenvalue weighted by atomic mass is 32.2. The van der Waals surface area contributed by atoms with Crippen LogP contribution in [0.2, 0.25) is 0 Å². The second-order valence-corrected chi connectivity index (χ2v) is 9.19. The summed E-state index contributed by atoms with van der Waals surface area (Å²) < 4.78 is 30.2. The minimum atomic E-state index is -3.45. The molecule has 0 saturated carbocycles. The molecule has 0 unspecified atom stereocenters. The molecule has 2 heterocycles. The summed E-state index contributed by atoms with van der Waals surface area (Å²) in [5.74, 6) is 0.0455. The number of hydrogen-bond donors (Lipinski definition) is 0. The number of sulfone groups is 1. The van der Waals surface area contributed by atoms with Gasteiger partial charge in [0.15, 0.2) is 14.9 Å². The zero-order valence-electron chi connectivity index (χ0n) is 14.7. The number of likely N-dealkylation sites (tertiary alicyclic amines) is 1. The SMILES string of the molecule is Cc1ccc(S(=O)(=O)CC2CCN(C(=O)OC(C)(C)C)CC2)nn1. The molecular weight excluding hydrogens is 330 g/mol. The molecule has 1 fully saturated rings. The Bertz CT molecular complexity index is 672. The molecule has 0 radical (unpaired) electrons. The van der Waals surface area contributed by atoms with Crippen LogP contribution in [0.25, 0.3) is 0 Å². The minimum absolute atomic E-state index is 0.0109. The molecule has 1 aliphatic rings. The summed E-state index contributed by atoms with van der Waals surface area (Å²) in [6.07, 6.45) is 0.934. The summed E-state index contributed by atoms with van der Waals surface area (Å²) in [7, 11) is -3.45. The normalized spacial score (nSPS) is 16.9. The van der Waals surface area contributed by atoms with Crippen molar-refractivity contribution in [3.8, 4) is 0 Å². The lowest BCUT2D eigenvalue weighted by Crippen LogP contribution is -2.42. The van der Waals surface area contributed by atoms with Crippen LogP contribution in [0.15, 0.2) is 17.2 Å². The number of aryl methyl sites for hydroxylation is 1. The Morgan fingerprint density at radius 2 is 1.88 bits per heavy atom. The molecule has 7 nitrogen and oxygen atoms in total. The van der Waals surface area contributed by atoms with Crippen LogP contribution < -0.4 is 0 Å². The second-order valence-electron chi connectivity index (χ2n) is 7.21. The van der Waals surface area contributed by atoms with Gasteiger partial charge >= 0.3 is 6.09 Å². The molecule has 1 saturated heterocycles. The van der Waals surface area contributed by atoms with E-state index in [0.29, 0.717) is 31.6 Å². The maximum atomic E-state index is 12.4. The highest BCUT2D eigenvalue weighted by molar-refractivity contribution is 7.91. The summed E-state index contributed by atoms with van der Waals surface area (Å²) in [5, 5.41) is 7.60. The summed E-state index contributed by atoms with van der Waals surface area (Å²) in [5.41, 5.74) is 0.154. The number of aromatic nitrogens is 2. The van der Waals surface area contributed by atoms with Gasteiger partial charge in [0.1, 0.15) is 5.60 Å². The lowest BCUT2D eigenvalue weighted by Gasteiger charge is -2.33. The zero-order chi connectivity index (χ0) is 18.0. The number of nitrogens with zero attached hydrogens (tertiary/aromatic N) is 3. The van der Waals surface area contributed by atoms with E-state index < -0.39 is 15.4 Å². The average Bonchev–Trinajstić information content (AvgIpc) is 2.46. The predicted molar refractivity (Wildman–Crippen MR) is 89.4 cm³/mol. The summed E-state index contributed by atoms with van der Waals surface area (Å²) >= 11 is 0. The molecule has 24 heavy (non-hydrogen) atoms. The third kappa shape index (κ3) is 5.15. The molecule has 0 aliphatic carbocycles. The van der Waals surface area contributed by atoms with Crippen LogP contribution in [-0.2, 0) is 14.6 Å². The first-order valence-electron chi connectivity index (χ1n) is 8.08. The molecule has 8 heteroatoms. The van der Waals surface area contributed by atoms with Gasteiger partial charge < -0.3 is 9.64 Å². The average molecular weight is 355 g/mol.